The Morgan fingerprint density at radius 1 is 1.25 bits per heavy atom. The molecular weight excluding hydrogens is 270 g/mol. The average molecular weight is 284 g/mol. The fraction of sp³-hybridized carbons (Fsp3) is 0.385. The summed E-state index contributed by atoms with van der Waals surface area (Å²) >= 11 is 0. The van der Waals surface area contributed by atoms with Crippen LogP contribution in [0.4, 0.5) is 13.6 Å². The third kappa shape index (κ3) is 2.36. The molecule has 1 fully saturated rings. The highest BCUT2D eigenvalue weighted by atomic mass is 19.1. The van der Waals surface area contributed by atoms with Crippen LogP contribution in [-0.2, 0) is 15.1 Å². The lowest BCUT2D eigenvalue weighted by Crippen LogP contribution is -2.41. The average Bonchev–Trinajstić information content (AvgIpc) is 2.58. The number of carbonyl (C=O) groups excluding carboxylic acids is 2. The molecule has 7 heteroatoms. The molecule has 0 aliphatic carbocycles. The molecule has 0 spiro atoms. The number of methoxy groups -OCH3 is 1. The van der Waals surface area contributed by atoms with Gasteiger partial charge in [0.25, 0.3) is 5.91 Å². The van der Waals surface area contributed by atoms with Crippen molar-refractivity contribution < 1.29 is 23.1 Å². The summed E-state index contributed by atoms with van der Waals surface area (Å²) in [5, 5.41) is 2.46. The second-order valence-electron chi connectivity index (χ2n) is 4.66. The molecule has 1 aliphatic heterocycles. The molecule has 1 unspecified atom stereocenters. The van der Waals surface area contributed by atoms with Gasteiger partial charge in [0.1, 0.15) is 17.2 Å². The summed E-state index contributed by atoms with van der Waals surface area (Å²) in [4.78, 5) is 25.1. The van der Waals surface area contributed by atoms with Gasteiger partial charge < -0.3 is 10.1 Å². The Labute approximate surface area is 114 Å². The van der Waals surface area contributed by atoms with Gasteiger partial charge in [0, 0.05) is 13.2 Å². The number of halogens is 2. The van der Waals surface area contributed by atoms with Crippen LogP contribution in [0.3, 0.4) is 0 Å². The minimum atomic E-state index is -1.48. The van der Waals surface area contributed by atoms with Gasteiger partial charge >= 0.3 is 6.03 Å². The quantitative estimate of drug-likeness (QED) is 0.850. The number of benzene rings is 1. The summed E-state index contributed by atoms with van der Waals surface area (Å²) < 4.78 is 31.4. The summed E-state index contributed by atoms with van der Waals surface area (Å²) in [6.07, 6.45) is 0. The highest BCUT2D eigenvalue weighted by Gasteiger charge is 2.49. The zero-order valence-electron chi connectivity index (χ0n) is 11.1. The van der Waals surface area contributed by atoms with Gasteiger partial charge in [-0.2, -0.15) is 0 Å². The van der Waals surface area contributed by atoms with Crippen LogP contribution in [0.25, 0.3) is 0 Å². The molecule has 1 atom stereocenters. The van der Waals surface area contributed by atoms with E-state index in [1.807, 2.05) is 0 Å². The molecule has 1 aromatic rings. The zero-order chi connectivity index (χ0) is 14.9. The lowest BCUT2D eigenvalue weighted by molar-refractivity contribution is -0.131. The minimum absolute atomic E-state index is 0.0632. The molecule has 2 rings (SSSR count). The van der Waals surface area contributed by atoms with Crippen LogP contribution in [-0.4, -0.2) is 37.1 Å². The SMILES string of the molecule is COCCN1C(=O)NC(C)(c2cc(F)cc(F)c2)C1=O. The van der Waals surface area contributed by atoms with Crippen LogP contribution in [0.15, 0.2) is 18.2 Å². The number of carbonyl (C=O) groups is 2. The molecule has 1 heterocycles. The number of hydrogen-bond donors (Lipinski definition) is 1. The number of ether oxygens (including phenoxy) is 1. The van der Waals surface area contributed by atoms with Crippen LogP contribution in [0.2, 0.25) is 0 Å². The van der Waals surface area contributed by atoms with E-state index in [1.54, 1.807) is 0 Å². The van der Waals surface area contributed by atoms with Gasteiger partial charge in [-0.25, -0.2) is 13.6 Å². The first-order valence-corrected chi connectivity index (χ1v) is 5.98. The first-order chi connectivity index (χ1) is 9.38. The standard InChI is InChI=1S/C13H14F2N2O3/c1-13(8-5-9(14)7-10(15)6-8)11(18)17(3-4-20-2)12(19)16-13/h5-7H,3-4H2,1-2H3,(H,16,19). The molecule has 1 N–H and O–H groups in total. The number of nitrogens with one attached hydrogen (secondary N) is 1. The maximum Gasteiger partial charge on any atom is 0.325 e. The molecular formula is C13H14F2N2O3. The van der Waals surface area contributed by atoms with E-state index >= 15 is 0 Å². The maximum atomic E-state index is 13.3. The largest absolute Gasteiger partial charge is 0.383 e. The Bertz CT molecular complexity index is 544. The normalized spacial score (nSPS) is 22.3. The summed E-state index contributed by atoms with van der Waals surface area (Å²) in [6, 6.07) is 2.15. The van der Waals surface area contributed by atoms with E-state index in [0.717, 1.165) is 17.0 Å². The predicted octanol–water partition coefficient (Wildman–Crippen LogP) is 1.38. The van der Waals surface area contributed by atoms with E-state index in [1.165, 1.54) is 14.0 Å². The van der Waals surface area contributed by atoms with Gasteiger partial charge in [0.15, 0.2) is 0 Å². The Kier molecular flexibility index (Phi) is 3.71. The van der Waals surface area contributed by atoms with Crippen LogP contribution in [0, 0.1) is 11.6 Å². The summed E-state index contributed by atoms with van der Waals surface area (Å²) in [6.45, 7) is 1.68. The summed E-state index contributed by atoms with van der Waals surface area (Å²) in [5.74, 6) is -2.18. The highest BCUT2D eigenvalue weighted by molar-refractivity contribution is 6.07. The highest BCUT2D eigenvalue weighted by Crippen LogP contribution is 2.29. The fourth-order valence-corrected chi connectivity index (χ4v) is 2.12. The van der Waals surface area contributed by atoms with Crippen LogP contribution >= 0.6 is 0 Å². The molecule has 20 heavy (non-hydrogen) atoms. The van der Waals surface area contributed by atoms with Gasteiger partial charge in [-0.1, -0.05) is 0 Å². The molecule has 108 valence electrons. The lowest BCUT2D eigenvalue weighted by atomic mass is 9.92. The molecule has 0 aromatic heterocycles. The number of hydrogen-bond acceptors (Lipinski definition) is 3. The van der Waals surface area contributed by atoms with Gasteiger partial charge in [0.2, 0.25) is 0 Å². The minimum Gasteiger partial charge on any atom is -0.383 e. The van der Waals surface area contributed by atoms with Gasteiger partial charge in [0.05, 0.1) is 13.2 Å². The number of rotatable bonds is 4. The van der Waals surface area contributed by atoms with Crippen molar-refractivity contribution >= 4 is 11.9 Å². The molecule has 5 nitrogen and oxygen atoms in total. The Balaban J connectivity index is 2.35. The van der Waals surface area contributed by atoms with E-state index in [4.69, 9.17) is 4.74 Å². The van der Waals surface area contributed by atoms with Crippen LogP contribution in [0.1, 0.15) is 12.5 Å². The van der Waals surface area contributed by atoms with Crippen LogP contribution in [0.5, 0.6) is 0 Å². The van der Waals surface area contributed by atoms with Gasteiger partial charge in [-0.15, -0.1) is 0 Å². The van der Waals surface area contributed by atoms with Crippen molar-refractivity contribution in [2.75, 3.05) is 20.3 Å². The van der Waals surface area contributed by atoms with E-state index in [9.17, 15) is 18.4 Å². The van der Waals surface area contributed by atoms with E-state index < -0.39 is 29.1 Å². The van der Waals surface area contributed by atoms with Crippen molar-refractivity contribution in [3.8, 4) is 0 Å². The second kappa shape index (κ2) is 5.16. The molecule has 1 aliphatic rings. The number of imide groups is 1. The van der Waals surface area contributed by atoms with Crippen molar-refractivity contribution in [2.45, 2.75) is 12.5 Å². The topological polar surface area (TPSA) is 58.6 Å². The van der Waals surface area contributed by atoms with Crippen molar-refractivity contribution in [3.05, 3.63) is 35.4 Å². The van der Waals surface area contributed by atoms with E-state index in [-0.39, 0.29) is 18.7 Å². The van der Waals surface area contributed by atoms with Crippen molar-refractivity contribution in [1.29, 1.82) is 0 Å². The summed E-state index contributed by atoms with van der Waals surface area (Å²) in [7, 11) is 1.44. The first-order valence-electron chi connectivity index (χ1n) is 5.98. The monoisotopic (exact) mass is 284 g/mol. The maximum absolute atomic E-state index is 13.3. The second-order valence-corrected chi connectivity index (χ2v) is 4.66. The number of nitrogens with zero attached hydrogens (tertiary/aromatic N) is 1. The lowest BCUT2D eigenvalue weighted by Gasteiger charge is -2.22. The van der Waals surface area contributed by atoms with Gasteiger partial charge in [-0.05, 0) is 24.6 Å². The molecule has 3 amide bonds. The molecule has 1 aromatic carbocycles. The van der Waals surface area contributed by atoms with Crippen molar-refractivity contribution in [3.63, 3.8) is 0 Å². The van der Waals surface area contributed by atoms with Crippen molar-refractivity contribution in [1.82, 2.24) is 10.2 Å². The number of amides is 3. The summed E-state index contributed by atoms with van der Waals surface area (Å²) in [5.41, 5.74) is -1.42. The fourth-order valence-electron chi connectivity index (χ4n) is 2.12. The third-order valence-corrected chi connectivity index (χ3v) is 3.23. The molecule has 0 bridgehead atoms. The Morgan fingerprint density at radius 2 is 1.85 bits per heavy atom. The Morgan fingerprint density at radius 3 is 2.40 bits per heavy atom. The molecule has 1 saturated heterocycles. The van der Waals surface area contributed by atoms with Crippen molar-refractivity contribution in [2.24, 2.45) is 0 Å². The van der Waals surface area contributed by atoms with Gasteiger partial charge in [-0.3, -0.25) is 9.69 Å². The van der Waals surface area contributed by atoms with E-state index in [2.05, 4.69) is 5.32 Å². The zero-order valence-corrected chi connectivity index (χ0v) is 11.1. The third-order valence-electron chi connectivity index (χ3n) is 3.23. The molecule has 0 saturated carbocycles. The Hall–Kier alpha value is -2.02. The number of urea groups is 1. The van der Waals surface area contributed by atoms with E-state index in [0.29, 0.717) is 6.07 Å². The smallest absolute Gasteiger partial charge is 0.325 e. The first kappa shape index (κ1) is 14.4. The van der Waals surface area contributed by atoms with Crippen LogP contribution < -0.4 is 5.32 Å². The predicted molar refractivity (Wildman–Crippen MR) is 65.8 cm³/mol. The molecule has 0 radical (unpaired) electrons.